The highest BCUT2D eigenvalue weighted by Gasteiger charge is 2.26. The number of phenols is 1. The summed E-state index contributed by atoms with van der Waals surface area (Å²) in [5, 5.41) is 24.3. The summed E-state index contributed by atoms with van der Waals surface area (Å²) in [6, 6.07) is 35.6. The number of benzene rings is 5. The molecule has 5 aromatic carbocycles. The van der Waals surface area contributed by atoms with Crippen LogP contribution < -0.4 is 26.6 Å². The number of nitrogens with one attached hydrogen (secondary N) is 5. The molecule has 5 aromatic rings. The molecule has 0 aliphatic carbocycles. The zero-order valence-corrected chi connectivity index (χ0v) is 25.6. The van der Waals surface area contributed by atoms with Gasteiger partial charge < -0.3 is 31.7 Å². The number of phenolic OH excluding ortho intramolecular Hbond substituents is 1. The van der Waals surface area contributed by atoms with Gasteiger partial charge in [-0.3, -0.25) is 9.59 Å². The maximum atomic E-state index is 13.3. The Balaban J connectivity index is 1.17. The van der Waals surface area contributed by atoms with Crippen molar-refractivity contribution in [1.29, 1.82) is 0 Å². The van der Waals surface area contributed by atoms with Crippen molar-refractivity contribution in [3.63, 3.8) is 0 Å². The number of urea groups is 1. The van der Waals surface area contributed by atoms with Gasteiger partial charge in [-0.25, -0.2) is 4.79 Å². The molecule has 0 fully saturated rings. The lowest BCUT2D eigenvalue weighted by Crippen LogP contribution is -2.28. The third-order valence-corrected chi connectivity index (χ3v) is 7.79. The van der Waals surface area contributed by atoms with E-state index in [1.54, 1.807) is 42.5 Å². The highest BCUT2D eigenvalue weighted by Crippen LogP contribution is 2.35. The predicted octanol–water partition coefficient (Wildman–Crippen LogP) is 8.15. The number of fused-ring (bicyclic) bond motifs is 1. The van der Waals surface area contributed by atoms with Crippen LogP contribution in [0.15, 0.2) is 121 Å². The number of carbonyl (C=O) groups excluding carboxylic acids is 3. The van der Waals surface area contributed by atoms with Crippen LogP contribution in [0.25, 0.3) is 11.6 Å². The summed E-state index contributed by atoms with van der Waals surface area (Å²) in [5.41, 5.74) is 6.75. The molecule has 0 aromatic heterocycles. The van der Waals surface area contributed by atoms with Crippen molar-refractivity contribution in [2.45, 2.75) is 19.4 Å². The van der Waals surface area contributed by atoms with Crippen molar-refractivity contribution in [2.24, 2.45) is 0 Å². The molecule has 0 bridgehead atoms. The number of anilines is 5. The summed E-state index contributed by atoms with van der Waals surface area (Å²) in [6.07, 6.45) is 2.55. The van der Waals surface area contributed by atoms with Gasteiger partial charge in [-0.15, -0.1) is 0 Å². The second kappa shape index (κ2) is 13.7. The van der Waals surface area contributed by atoms with Crippen LogP contribution in [0.3, 0.4) is 0 Å². The molecule has 1 heterocycles. The minimum atomic E-state index is -0.412. The molecule has 0 saturated heterocycles. The standard InChI is InChI=1S/C38H33N5O4/c1-2-33(24-8-4-3-5-9-24)42-36(45)26-12-21-35-31(23-26)32(37(46)43-35)22-25-10-6-7-11-34(25)39-27-13-15-28(16-14-27)40-38(47)41-29-17-19-30(44)20-18-29/h3-23,33,39,44H,2H2,1H3,(H,42,45)(H,43,46)(H2,40,41,47)/b32-22-/t33-/m1/s1. The molecule has 9 nitrogen and oxygen atoms in total. The van der Waals surface area contributed by atoms with E-state index in [1.807, 2.05) is 79.7 Å². The fourth-order valence-corrected chi connectivity index (χ4v) is 5.34. The maximum absolute atomic E-state index is 13.3. The minimum absolute atomic E-state index is 0.117. The maximum Gasteiger partial charge on any atom is 0.323 e. The highest BCUT2D eigenvalue weighted by molar-refractivity contribution is 6.35. The summed E-state index contributed by atoms with van der Waals surface area (Å²) in [7, 11) is 0. The third kappa shape index (κ3) is 7.32. The highest BCUT2D eigenvalue weighted by atomic mass is 16.3. The van der Waals surface area contributed by atoms with Gasteiger partial charge in [-0.05, 0) is 96.4 Å². The largest absolute Gasteiger partial charge is 0.508 e. The van der Waals surface area contributed by atoms with Crippen LogP contribution in [-0.4, -0.2) is 23.0 Å². The summed E-state index contributed by atoms with van der Waals surface area (Å²) in [4.78, 5) is 38.8. The van der Waals surface area contributed by atoms with E-state index in [2.05, 4.69) is 26.6 Å². The summed E-state index contributed by atoms with van der Waals surface area (Å²) < 4.78 is 0. The van der Waals surface area contributed by atoms with Crippen molar-refractivity contribution in [2.75, 3.05) is 21.3 Å². The fraction of sp³-hybridized carbons (Fsp3) is 0.0789. The number of hydrogen-bond acceptors (Lipinski definition) is 5. The van der Waals surface area contributed by atoms with Crippen LogP contribution in [0, 0.1) is 0 Å². The van der Waals surface area contributed by atoms with Gasteiger partial charge in [0.15, 0.2) is 0 Å². The van der Waals surface area contributed by atoms with Crippen molar-refractivity contribution in [1.82, 2.24) is 5.32 Å². The van der Waals surface area contributed by atoms with Crippen molar-refractivity contribution < 1.29 is 19.5 Å². The molecule has 1 aliphatic rings. The van der Waals surface area contributed by atoms with E-state index in [0.717, 1.165) is 28.9 Å². The van der Waals surface area contributed by atoms with E-state index >= 15 is 0 Å². The van der Waals surface area contributed by atoms with Gasteiger partial charge >= 0.3 is 6.03 Å². The van der Waals surface area contributed by atoms with Crippen LogP contribution in [0.4, 0.5) is 33.2 Å². The van der Waals surface area contributed by atoms with Gasteiger partial charge in [0.1, 0.15) is 5.75 Å². The summed E-state index contributed by atoms with van der Waals surface area (Å²) in [6.45, 7) is 2.03. The van der Waals surface area contributed by atoms with Gasteiger partial charge in [-0.2, -0.15) is 0 Å². The first kappa shape index (κ1) is 30.7. The Morgan fingerprint density at radius 2 is 1.43 bits per heavy atom. The monoisotopic (exact) mass is 623 g/mol. The molecule has 234 valence electrons. The van der Waals surface area contributed by atoms with Crippen LogP contribution in [-0.2, 0) is 4.79 Å². The number of amides is 4. The molecule has 6 N–H and O–H groups in total. The van der Waals surface area contributed by atoms with E-state index in [4.69, 9.17) is 0 Å². The van der Waals surface area contributed by atoms with E-state index in [0.29, 0.717) is 33.8 Å². The molecule has 6 rings (SSSR count). The lowest BCUT2D eigenvalue weighted by atomic mass is 10.00. The second-order valence-electron chi connectivity index (χ2n) is 11.0. The van der Waals surface area contributed by atoms with Crippen molar-refractivity contribution in [3.05, 3.63) is 144 Å². The van der Waals surface area contributed by atoms with E-state index in [-0.39, 0.29) is 23.6 Å². The van der Waals surface area contributed by atoms with Gasteiger partial charge in [-0.1, -0.05) is 55.5 Å². The Kier molecular flexibility index (Phi) is 8.97. The molecule has 47 heavy (non-hydrogen) atoms. The molecule has 0 unspecified atom stereocenters. The van der Waals surface area contributed by atoms with Gasteiger partial charge in [0.05, 0.1) is 6.04 Å². The van der Waals surface area contributed by atoms with Crippen molar-refractivity contribution in [3.8, 4) is 5.75 Å². The molecule has 1 atom stereocenters. The lowest BCUT2D eigenvalue weighted by molar-refractivity contribution is -0.110. The number of aromatic hydroxyl groups is 1. The van der Waals surface area contributed by atoms with Crippen LogP contribution >= 0.6 is 0 Å². The fourth-order valence-electron chi connectivity index (χ4n) is 5.34. The molecule has 4 amide bonds. The molecule has 0 radical (unpaired) electrons. The zero-order valence-electron chi connectivity index (χ0n) is 25.6. The normalized spacial score (nSPS) is 13.3. The number of para-hydroxylation sites is 1. The molecule has 9 heteroatoms. The Morgan fingerprint density at radius 3 is 2.13 bits per heavy atom. The zero-order chi connectivity index (χ0) is 32.8. The van der Waals surface area contributed by atoms with Crippen LogP contribution in [0.1, 0.15) is 46.4 Å². The molecule has 0 spiro atoms. The average molecular weight is 624 g/mol. The van der Waals surface area contributed by atoms with Crippen molar-refractivity contribution >= 4 is 57.9 Å². The Labute approximate surface area is 272 Å². The number of rotatable bonds is 9. The first-order valence-electron chi connectivity index (χ1n) is 15.2. The Morgan fingerprint density at radius 1 is 0.787 bits per heavy atom. The number of carbonyl (C=O) groups is 3. The Hall–Kier alpha value is -6.35. The van der Waals surface area contributed by atoms with E-state index in [9.17, 15) is 19.5 Å². The summed E-state index contributed by atoms with van der Waals surface area (Å²) in [5.74, 6) is -0.337. The SMILES string of the molecule is CC[C@@H](NC(=O)c1ccc2c(c1)/C(=C/c1ccccc1Nc1ccc(NC(=O)Nc3ccc(O)cc3)cc1)C(=O)N2)c1ccccc1. The Bertz CT molecular complexity index is 1960. The average Bonchev–Trinajstić information content (AvgIpc) is 3.40. The lowest BCUT2D eigenvalue weighted by Gasteiger charge is -2.17. The molecule has 1 aliphatic heterocycles. The quantitative estimate of drug-likeness (QED) is 0.0729. The third-order valence-electron chi connectivity index (χ3n) is 7.79. The first-order valence-corrected chi connectivity index (χ1v) is 15.2. The van der Waals surface area contributed by atoms with Gasteiger partial charge in [0, 0.05) is 45.1 Å². The van der Waals surface area contributed by atoms with Gasteiger partial charge in [0.2, 0.25) is 0 Å². The smallest absolute Gasteiger partial charge is 0.323 e. The topological polar surface area (TPSA) is 132 Å². The predicted molar refractivity (Wildman–Crippen MR) is 187 cm³/mol. The van der Waals surface area contributed by atoms with Gasteiger partial charge in [0.25, 0.3) is 11.8 Å². The number of hydrogen-bond donors (Lipinski definition) is 6. The molecular weight excluding hydrogens is 590 g/mol. The van der Waals surface area contributed by atoms with E-state index in [1.165, 1.54) is 12.1 Å². The molecular formula is C38H33N5O4. The summed E-state index contributed by atoms with van der Waals surface area (Å²) >= 11 is 0. The van der Waals surface area contributed by atoms with Crippen LogP contribution in [0.2, 0.25) is 0 Å². The second-order valence-corrected chi connectivity index (χ2v) is 11.0. The van der Waals surface area contributed by atoms with Crippen LogP contribution in [0.5, 0.6) is 5.75 Å². The van der Waals surface area contributed by atoms with E-state index < -0.39 is 6.03 Å². The minimum Gasteiger partial charge on any atom is -0.508 e. The molecule has 0 saturated carbocycles. The first-order chi connectivity index (χ1) is 22.9.